The molecule has 2 heterocycles. The van der Waals surface area contributed by atoms with Crippen LogP contribution in [0.25, 0.3) is 0 Å². The van der Waals surface area contributed by atoms with Crippen LogP contribution in [-0.2, 0) is 0 Å². The van der Waals surface area contributed by atoms with Crippen molar-refractivity contribution < 1.29 is 4.74 Å². The summed E-state index contributed by atoms with van der Waals surface area (Å²) in [7, 11) is 0. The summed E-state index contributed by atoms with van der Waals surface area (Å²) in [4.78, 5) is 5.37. The lowest BCUT2D eigenvalue weighted by Crippen LogP contribution is -2.10. The molecule has 1 aliphatic rings. The third-order valence-corrected chi connectivity index (χ3v) is 4.50. The number of rotatable bonds is 3. The number of ether oxygens (including phenoxy) is 1. The van der Waals surface area contributed by atoms with E-state index < -0.39 is 0 Å². The standard InChI is InChI=1S/C14H12ClNOS/c15-14-12(5-3-7-16-14)17-8-10-9-18-13-6-2-1-4-11(10)13/h1-7,10H,8-9H2. The molecule has 2 aromatic rings. The molecule has 4 heteroatoms. The summed E-state index contributed by atoms with van der Waals surface area (Å²) in [5.74, 6) is 2.16. The molecule has 0 bridgehead atoms. The van der Waals surface area contributed by atoms with Crippen LogP contribution in [0.3, 0.4) is 0 Å². The fourth-order valence-electron chi connectivity index (χ4n) is 2.04. The molecule has 1 aliphatic heterocycles. The molecule has 0 spiro atoms. The maximum Gasteiger partial charge on any atom is 0.171 e. The lowest BCUT2D eigenvalue weighted by molar-refractivity contribution is 0.297. The van der Waals surface area contributed by atoms with E-state index in [0.717, 1.165) is 5.75 Å². The predicted octanol–water partition coefficient (Wildman–Crippen LogP) is 4.00. The van der Waals surface area contributed by atoms with Gasteiger partial charge in [0.2, 0.25) is 0 Å². The van der Waals surface area contributed by atoms with Crippen LogP contribution >= 0.6 is 23.4 Å². The Hall–Kier alpha value is -1.19. The highest BCUT2D eigenvalue weighted by Gasteiger charge is 2.23. The van der Waals surface area contributed by atoms with Gasteiger partial charge in [-0.3, -0.25) is 0 Å². The topological polar surface area (TPSA) is 22.1 Å². The molecule has 1 aromatic heterocycles. The Bertz CT molecular complexity index is 561. The average molecular weight is 278 g/mol. The van der Waals surface area contributed by atoms with Crippen LogP contribution in [-0.4, -0.2) is 17.3 Å². The number of hydrogen-bond donors (Lipinski definition) is 0. The quantitative estimate of drug-likeness (QED) is 0.792. The summed E-state index contributed by atoms with van der Waals surface area (Å²) in [6, 6.07) is 12.2. The molecular weight excluding hydrogens is 266 g/mol. The minimum Gasteiger partial charge on any atom is -0.490 e. The van der Waals surface area contributed by atoms with E-state index in [1.807, 2.05) is 23.9 Å². The summed E-state index contributed by atoms with van der Waals surface area (Å²) in [5.41, 5.74) is 1.38. The van der Waals surface area contributed by atoms with E-state index in [0.29, 0.717) is 23.4 Å². The van der Waals surface area contributed by atoms with Crippen LogP contribution in [0.4, 0.5) is 0 Å². The number of fused-ring (bicyclic) bond motifs is 1. The summed E-state index contributed by atoms with van der Waals surface area (Å²) < 4.78 is 5.77. The number of hydrogen-bond acceptors (Lipinski definition) is 3. The van der Waals surface area contributed by atoms with Gasteiger partial charge >= 0.3 is 0 Å². The van der Waals surface area contributed by atoms with E-state index in [-0.39, 0.29) is 0 Å². The van der Waals surface area contributed by atoms with Gasteiger partial charge in [-0.15, -0.1) is 11.8 Å². The minimum atomic E-state index is 0.427. The molecule has 92 valence electrons. The number of nitrogens with zero attached hydrogens (tertiary/aromatic N) is 1. The van der Waals surface area contributed by atoms with Crippen LogP contribution in [0.15, 0.2) is 47.5 Å². The molecule has 1 unspecified atom stereocenters. The van der Waals surface area contributed by atoms with Gasteiger partial charge in [0.05, 0.1) is 6.61 Å². The minimum absolute atomic E-state index is 0.427. The number of halogens is 1. The average Bonchev–Trinajstić information content (AvgIpc) is 2.81. The van der Waals surface area contributed by atoms with E-state index in [1.54, 1.807) is 6.20 Å². The Labute approximate surface area is 115 Å². The van der Waals surface area contributed by atoms with Crippen molar-refractivity contribution in [3.63, 3.8) is 0 Å². The molecule has 18 heavy (non-hydrogen) atoms. The predicted molar refractivity (Wildman–Crippen MR) is 74.6 cm³/mol. The molecule has 1 aromatic carbocycles. The van der Waals surface area contributed by atoms with Gasteiger partial charge in [-0.05, 0) is 23.8 Å². The fourth-order valence-corrected chi connectivity index (χ4v) is 3.44. The molecule has 1 atom stereocenters. The van der Waals surface area contributed by atoms with Crippen molar-refractivity contribution in [2.75, 3.05) is 12.4 Å². The monoisotopic (exact) mass is 277 g/mol. The normalized spacial score (nSPS) is 17.5. The molecule has 0 fully saturated rings. The molecular formula is C14H12ClNOS. The SMILES string of the molecule is Clc1ncccc1OCC1CSc2ccccc21. The van der Waals surface area contributed by atoms with E-state index in [9.17, 15) is 0 Å². The Morgan fingerprint density at radius 1 is 1.28 bits per heavy atom. The van der Waals surface area contributed by atoms with Gasteiger partial charge < -0.3 is 4.74 Å². The van der Waals surface area contributed by atoms with Gasteiger partial charge in [-0.25, -0.2) is 4.98 Å². The summed E-state index contributed by atoms with van der Waals surface area (Å²) in [6.45, 7) is 0.648. The zero-order valence-corrected chi connectivity index (χ0v) is 11.2. The number of benzene rings is 1. The maximum atomic E-state index is 5.97. The van der Waals surface area contributed by atoms with Gasteiger partial charge in [-0.1, -0.05) is 29.8 Å². The van der Waals surface area contributed by atoms with Crippen LogP contribution < -0.4 is 4.74 Å². The van der Waals surface area contributed by atoms with Crippen molar-refractivity contribution in [2.45, 2.75) is 10.8 Å². The zero-order chi connectivity index (χ0) is 12.4. The molecule has 0 N–H and O–H groups in total. The molecule has 3 rings (SSSR count). The number of aromatic nitrogens is 1. The summed E-state index contributed by atoms with van der Waals surface area (Å²) in [5, 5.41) is 0.427. The first-order valence-corrected chi connectivity index (χ1v) is 7.16. The van der Waals surface area contributed by atoms with E-state index in [4.69, 9.17) is 16.3 Å². The third kappa shape index (κ3) is 2.33. The van der Waals surface area contributed by atoms with Crippen LogP contribution in [0.1, 0.15) is 11.5 Å². The second-order valence-corrected chi connectivity index (χ2v) is 5.57. The number of thioether (sulfide) groups is 1. The van der Waals surface area contributed by atoms with Crippen molar-refractivity contribution in [3.05, 3.63) is 53.3 Å². The smallest absolute Gasteiger partial charge is 0.171 e. The highest BCUT2D eigenvalue weighted by Crippen LogP contribution is 2.39. The highest BCUT2D eigenvalue weighted by molar-refractivity contribution is 7.99. The van der Waals surface area contributed by atoms with E-state index in [1.165, 1.54) is 10.5 Å². The van der Waals surface area contributed by atoms with Gasteiger partial charge in [-0.2, -0.15) is 0 Å². The van der Waals surface area contributed by atoms with Crippen molar-refractivity contribution in [1.82, 2.24) is 4.98 Å². The molecule has 0 saturated heterocycles. The molecule has 0 amide bonds. The third-order valence-electron chi connectivity index (χ3n) is 2.96. The first-order valence-electron chi connectivity index (χ1n) is 5.79. The largest absolute Gasteiger partial charge is 0.490 e. The second kappa shape index (κ2) is 5.21. The van der Waals surface area contributed by atoms with E-state index >= 15 is 0 Å². The van der Waals surface area contributed by atoms with Crippen LogP contribution in [0.2, 0.25) is 5.15 Å². The van der Waals surface area contributed by atoms with E-state index in [2.05, 4.69) is 29.2 Å². The Balaban J connectivity index is 1.71. The van der Waals surface area contributed by atoms with Gasteiger partial charge in [0.15, 0.2) is 10.9 Å². The molecule has 0 aliphatic carbocycles. The molecule has 0 radical (unpaired) electrons. The van der Waals surface area contributed by atoms with Gasteiger partial charge in [0.25, 0.3) is 0 Å². The van der Waals surface area contributed by atoms with Gasteiger partial charge in [0.1, 0.15) is 0 Å². The highest BCUT2D eigenvalue weighted by atomic mass is 35.5. The lowest BCUT2D eigenvalue weighted by Gasteiger charge is -2.12. The Morgan fingerprint density at radius 3 is 3.06 bits per heavy atom. The van der Waals surface area contributed by atoms with Crippen molar-refractivity contribution in [2.24, 2.45) is 0 Å². The van der Waals surface area contributed by atoms with Crippen LogP contribution in [0.5, 0.6) is 5.75 Å². The number of pyridine rings is 1. The van der Waals surface area contributed by atoms with Crippen molar-refractivity contribution in [3.8, 4) is 5.75 Å². The second-order valence-electron chi connectivity index (χ2n) is 4.15. The Morgan fingerprint density at radius 2 is 2.17 bits per heavy atom. The fraction of sp³-hybridized carbons (Fsp3) is 0.214. The molecule has 0 saturated carbocycles. The Kier molecular flexibility index (Phi) is 3.43. The first-order chi connectivity index (χ1) is 8.84. The summed E-state index contributed by atoms with van der Waals surface area (Å²) in [6.07, 6.45) is 1.66. The van der Waals surface area contributed by atoms with Crippen LogP contribution in [0, 0.1) is 0 Å². The first kappa shape index (κ1) is 11.9. The van der Waals surface area contributed by atoms with Crippen molar-refractivity contribution in [1.29, 1.82) is 0 Å². The lowest BCUT2D eigenvalue weighted by atomic mass is 10.0. The maximum absolute atomic E-state index is 5.97. The summed E-state index contributed by atoms with van der Waals surface area (Å²) >= 11 is 7.86. The molecule has 2 nitrogen and oxygen atoms in total. The zero-order valence-electron chi connectivity index (χ0n) is 9.67. The van der Waals surface area contributed by atoms with Crippen molar-refractivity contribution >= 4 is 23.4 Å². The van der Waals surface area contributed by atoms with Gasteiger partial charge in [0, 0.05) is 22.8 Å².